The molecule has 0 aromatic carbocycles. The Hall–Kier alpha value is -1.39. The second kappa shape index (κ2) is 3.55. The lowest BCUT2D eigenvalue weighted by molar-refractivity contribution is -0.161. The van der Waals surface area contributed by atoms with Crippen molar-refractivity contribution in [3.63, 3.8) is 0 Å². The molecule has 0 aromatic heterocycles. The average Bonchev–Trinajstić information content (AvgIpc) is 2.01. The third-order valence-electron chi connectivity index (χ3n) is 2.05. The van der Waals surface area contributed by atoms with E-state index < -0.39 is 23.7 Å². The summed E-state index contributed by atoms with van der Waals surface area (Å²) in [6, 6.07) is -0.554. The third kappa shape index (κ3) is 1.68. The molecular formula is C8H11NO4. The molecule has 72 valence electrons. The van der Waals surface area contributed by atoms with E-state index >= 15 is 0 Å². The van der Waals surface area contributed by atoms with Gasteiger partial charge >= 0.3 is 5.97 Å². The number of hydrogen-bond acceptors (Lipinski definition) is 4. The maximum atomic E-state index is 11.1. The van der Waals surface area contributed by atoms with Crippen LogP contribution < -0.4 is 0 Å². The molecule has 5 nitrogen and oxygen atoms in total. The minimum atomic E-state index is -0.610. The van der Waals surface area contributed by atoms with Crippen LogP contribution in [0.1, 0.15) is 13.3 Å². The minimum absolute atomic E-state index is 0.457. The van der Waals surface area contributed by atoms with Crippen molar-refractivity contribution in [2.75, 3.05) is 13.7 Å². The van der Waals surface area contributed by atoms with Gasteiger partial charge in [-0.3, -0.25) is 9.59 Å². The lowest BCUT2D eigenvalue weighted by Crippen LogP contribution is -2.57. The number of esters is 1. The summed E-state index contributed by atoms with van der Waals surface area (Å²) in [6.45, 7) is 1.65. The second-order valence-electron chi connectivity index (χ2n) is 2.88. The van der Waals surface area contributed by atoms with Crippen molar-refractivity contribution in [3.05, 3.63) is 0 Å². The van der Waals surface area contributed by atoms with Crippen molar-refractivity contribution in [2.24, 2.45) is 0 Å². The smallest absolute Gasteiger partial charge is 0.328 e. The average molecular weight is 185 g/mol. The Morgan fingerprint density at radius 1 is 1.38 bits per heavy atom. The van der Waals surface area contributed by atoms with Gasteiger partial charge in [0.05, 0.1) is 7.11 Å². The second-order valence-corrected chi connectivity index (χ2v) is 2.88. The van der Waals surface area contributed by atoms with E-state index in [9.17, 15) is 14.4 Å². The molecule has 1 heterocycles. The Bertz CT molecular complexity index is 261. The molecule has 0 saturated carbocycles. The molecule has 1 aliphatic heterocycles. The SMILES string of the molecule is COC(=O)C1CCN1C(=O)C(C)=O. The Balaban J connectivity index is 2.59. The fraction of sp³-hybridized carbons (Fsp3) is 0.625. The molecule has 0 bridgehead atoms. The van der Waals surface area contributed by atoms with Gasteiger partial charge in [-0.2, -0.15) is 0 Å². The van der Waals surface area contributed by atoms with Crippen molar-refractivity contribution in [2.45, 2.75) is 19.4 Å². The Labute approximate surface area is 75.6 Å². The number of likely N-dealkylation sites (tertiary alicyclic amines) is 1. The van der Waals surface area contributed by atoms with Gasteiger partial charge in [-0.05, 0) is 6.42 Å². The van der Waals surface area contributed by atoms with Gasteiger partial charge in [0, 0.05) is 13.5 Å². The molecule has 1 saturated heterocycles. The van der Waals surface area contributed by atoms with Crippen LogP contribution >= 0.6 is 0 Å². The Kier molecular flexibility index (Phi) is 2.65. The molecule has 0 aromatic rings. The van der Waals surface area contributed by atoms with E-state index in [0.717, 1.165) is 0 Å². The number of carbonyl (C=O) groups is 3. The van der Waals surface area contributed by atoms with Crippen LogP contribution in [-0.2, 0) is 19.1 Å². The summed E-state index contributed by atoms with van der Waals surface area (Å²) in [5.41, 5.74) is 0. The maximum absolute atomic E-state index is 11.1. The lowest BCUT2D eigenvalue weighted by Gasteiger charge is -2.37. The number of rotatable bonds is 2. The molecule has 13 heavy (non-hydrogen) atoms. The summed E-state index contributed by atoms with van der Waals surface area (Å²) in [6.07, 6.45) is 0.575. The maximum Gasteiger partial charge on any atom is 0.328 e. The highest BCUT2D eigenvalue weighted by Gasteiger charge is 2.39. The van der Waals surface area contributed by atoms with E-state index in [0.29, 0.717) is 13.0 Å². The number of amides is 1. The number of ketones is 1. The summed E-state index contributed by atoms with van der Waals surface area (Å²) < 4.78 is 4.47. The van der Waals surface area contributed by atoms with Gasteiger partial charge in [0.2, 0.25) is 5.78 Å². The first-order valence-electron chi connectivity index (χ1n) is 3.97. The number of Topliss-reactive ketones (excluding diaryl/α,β-unsaturated/α-hetero) is 1. The first-order chi connectivity index (χ1) is 6.07. The third-order valence-corrected chi connectivity index (χ3v) is 2.05. The molecule has 1 rings (SSSR count). The van der Waals surface area contributed by atoms with Crippen molar-refractivity contribution < 1.29 is 19.1 Å². The summed E-state index contributed by atoms with van der Waals surface area (Å²) in [5.74, 6) is -1.61. The predicted octanol–water partition coefficient (Wildman–Crippen LogP) is -0.651. The van der Waals surface area contributed by atoms with E-state index in [-0.39, 0.29) is 0 Å². The number of ether oxygens (including phenoxy) is 1. The van der Waals surface area contributed by atoms with Gasteiger partial charge in [-0.1, -0.05) is 0 Å². The standard InChI is InChI=1S/C8H11NO4/c1-5(10)7(11)9-4-3-6(9)8(12)13-2/h6H,3-4H2,1-2H3. The van der Waals surface area contributed by atoms with Crippen LogP contribution in [-0.4, -0.2) is 42.3 Å². The van der Waals surface area contributed by atoms with Crippen molar-refractivity contribution >= 4 is 17.7 Å². The first-order valence-corrected chi connectivity index (χ1v) is 3.97. The molecule has 5 heteroatoms. The van der Waals surface area contributed by atoms with Gasteiger partial charge < -0.3 is 9.64 Å². The molecule has 1 atom stereocenters. The molecular weight excluding hydrogens is 174 g/mol. The van der Waals surface area contributed by atoms with Crippen LogP contribution in [0.4, 0.5) is 0 Å². The van der Waals surface area contributed by atoms with E-state index in [1.807, 2.05) is 0 Å². The van der Waals surface area contributed by atoms with Crippen LogP contribution in [0.2, 0.25) is 0 Å². The number of hydrogen-bond donors (Lipinski definition) is 0. The zero-order valence-electron chi connectivity index (χ0n) is 7.57. The summed E-state index contributed by atoms with van der Waals surface area (Å²) >= 11 is 0. The lowest BCUT2D eigenvalue weighted by atomic mass is 10.0. The zero-order chi connectivity index (χ0) is 10.0. The molecule has 0 spiro atoms. The van der Waals surface area contributed by atoms with Gasteiger partial charge in [-0.25, -0.2) is 4.79 Å². The fourth-order valence-electron chi connectivity index (χ4n) is 1.21. The monoisotopic (exact) mass is 185 g/mol. The van der Waals surface area contributed by atoms with Crippen molar-refractivity contribution in [1.29, 1.82) is 0 Å². The highest BCUT2D eigenvalue weighted by Crippen LogP contribution is 2.18. The van der Waals surface area contributed by atoms with Gasteiger partial charge in [0.25, 0.3) is 5.91 Å². The van der Waals surface area contributed by atoms with Crippen LogP contribution in [0.25, 0.3) is 0 Å². The van der Waals surface area contributed by atoms with Crippen LogP contribution in [0.3, 0.4) is 0 Å². The molecule has 1 fully saturated rings. The first kappa shape index (κ1) is 9.70. The van der Waals surface area contributed by atoms with Gasteiger partial charge in [0.1, 0.15) is 6.04 Å². The topological polar surface area (TPSA) is 63.7 Å². The van der Waals surface area contributed by atoms with E-state index in [1.54, 1.807) is 0 Å². The Morgan fingerprint density at radius 2 is 2.00 bits per heavy atom. The number of nitrogens with zero attached hydrogens (tertiary/aromatic N) is 1. The van der Waals surface area contributed by atoms with Crippen LogP contribution in [0.15, 0.2) is 0 Å². The molecule has 0 radical (unpaired) electrons. The highest BCUT2D eigenvalue weighted by atomic mass is 16.5. The largest absolute Gasteiger partial charge is 0.467 e. The normalized spacial score (nSPS) is 20.5. The predicted molar refractivity (Wildman–Crippen MR) is 42.8 cm³/mol. The molecule has 1 aliphatic rings. The molecule has 0 aliphatic carbocycles. The minimum Gasteiger partial charge on any atom is -0.467 e. The van der Waals surface area contributed by atoms with Crippen LogP contribution in [0.5, 0.6) is 0 Å². The zero-order valence-corrected chi connectivity index (χ0v) is 7.57. The highest BCUT2D eigenvalue weighted by molar-refractivity contribution is 6.35. The molecule has 1 amide bonds. The van der Waals surface area contributed by atoms with E-state index in [2.05, 4.69) is 4.74 Å². The Morgan fingerprint density at radius 3 is 2.31 bits per heavy atom. The van der Waals surface area contributed by atoms with Crippen molar-refractivity contribution in [1.82, 2.24) is 4.90 Å². The quantitative estimate of drug-likeness (QED) is 0.423. The number of carbonyl (C=O) groups excluding carboxylic acids is 3. The number of methoxy groups -OCH3 is 1. The fourth-order valence-corrected chi connectivity index (χ4v) is 1.21. The van der Waals surface area contributed by atoms with Crippen LogP contribution in [0, 0.1) is 0 Å². The van der Waals surface area contributed by atoms with E-state index in [4.69, 9.17) is 0 Å². The van der Waals surface area contributed by atoms with Gasteiger partial charge in [-0.15, -0.1) is 0 Å². The van der Waals surface area contributed by atoms with Crippen molar-refractivity contribution in [3.8, 4) is 0 Å². The summed E-state index contributed by atoms with van der Waals surface area (Å²) in [5, 5.41) is 0. The molecule has 1 unspecified atom stereocenters. The van der Waals surface area contributed by atoms with E-state index in [1.165, 1.54) is 18.9 Å². The molecule has 0 N–H and O–H groups in total. The summed E-state index contributed by atoms with van der Waals surface area (Å²) in [4.78, 5) is 34.1. The van der Waals surface area contributed by atoms with Gasteiger partial charge in [0.15, 0.2) is 0 Å². The summed E-state index contributed by atoms with van der Waals surface area (Å²) in [7, 11) is 1.26.